The molecule has 0 bridgehead atoms. The van der Waals surface area contributed by atoms with Gasteiger partial charge in [-0.1, -0.05) is 0 Å². The van der Waals surface area contributed by atoms with Gasteiger partial charge in [0.05, 0.1) is 19.1 Å². The van der Waals surface area contributed by atoms with Crippen LogP contribution in [0.15, 0.2) is 0 Å². The summed E-state index contributed by atoms with van der Waals surface area (Å²) in [4.78, 5) is 28.8. The third kappa shape index (κ3) is 2.67. The second-order valence-corrected chi connectivity index (χ2v) is 5.84. The first kappa shape index (κ1) is 13.8. The molecule has 1 N–H and O–H groups in total. The number of carbonyl (C=O) groups excluding carboxylic acids is 2. The van der Waals surface area contributed by atoms with Crippen LogP contribution in [0.3, 0.4) is 0 Å². The minimum absolute atomic E-state index is 0.0769. The standard InChI is InChI=1S/C14H23N3O3/c18-13(11-9-15-10-11)17-4-2-1-3-12(17)14(19)16-5-7-20-8-6-16/h11-12,15H,1-10H2. The molecular formula is C14H23N3O3. The molecular weight excluding hydrogens is 258 g/mol. The molecule has 6 heteroatoms. The number of rotatable bonds is 2. The van der Waals surface area contributed by atoms with Crippen molar-refractivity contribution in [2.75, 3.05) is 45.9 Å². The fourth-order valence-corrected chi connectivity index (χ4v) is 3.14. The lowest BCUT2D eigenvalue weighted by molar-refractivity contribution is -0.153. The number of hydrogen-bond donors (Lipinski definition) is 1. The van der Waals surface area contributed by atoms with Crippen molar-refractivity contribution in [3.05, 3.63) is 0 Å². The number of carbonyl (C=O) groups is 2. The maximum Gasteiger partial charge on any atom is 0.245 e. The molecule has 1 atom stereocenters. The van der Waals surface area contributed by atoms with E-state index in [-0.39, 0.29) is 23.8 Å². The van der Waals surface area contributed by atoms with E-state index in [0.717, 1.165) is 38.9 Å². The smallest absolute Gasteiger partial charge is 0.245 e. The topological polar surface area (TPSA) is 61.9 Å². The number of piperidine rings is 1. The quantitative estimate of drug-likeness (QED) is 0.737. The molecule has 0 radical (unpaired) electrons. The van der Waals surface area contributed by atoms with Crippen molar-refractivity contribution in [1.29, 1.82) is 0 Å². The Kier molecular flexibility index (Phi) is 4.21. The van der Waals surface area contributed by atoms with Crippen LogP contribution in [0, 0.1) is 5.92 Å². The van der Waals surface area contributed by atoms with Crippen molar-refractivity contribution in [2.24, 2.45) is 5.92 Å². The van der Waals surface area contributed by atoms with Gasteiger partial charge in [0, 0.05) is 32.7 Å². The molecule has 20 heavy (non-hydrogen) atoms. The van der Waals surface area contributed by atoms with Gasteiger partial charge in [-0.3, -0.25) is 9.59 Å². The summed E-state index contributed by atoms with van der Waals surface area (Å²) >= 11 is 0. The van der Waals surface area contributed by atoms with E-state index in [4.69, 9.17) is 4.74 Å². The zero-order valence-electron chi connectivity index (χ0n) is 11.8. The van der Waals surface area contributed by atoms with E-state index in [1.807, 2.05) is 9.80 Å². The van der Waals surface area contributed by atoms with Crippen molar-refractivity contribution >= 4 is 11.8 Å². The Morgan fingerprint density at radius 1 is 1.00 bits per heavy atom. The Labute approximate surface area is 119 Å². The van der Waals surface area contributed by atoms with E-state index in [1.165, 1.54) is 0 Å². The molecule has 3 aliphatic heterocycles. The molecule has 3 saturated heterocycles. The first-order valence-corrected chi connectivity index (χ1v) is 7.65. The maximum absolute atomic E-state index is 12.7. The van der Waals surface area contributed by atoms with Crippen LogP contribution < -0.4 is 5.32 Å². The molecule has 0 saturated carbocycles. The summed E-state index contributed by atoms with van der Waals surface area (Å²) in [7, 11) is 0. The Hall–Kier alpha value is -1.14. The normalized spacial score (nSPS) is 28.1. The maximum atomic E-state index is 12.7. The van der Waals surface area contributed by atoms with Gasteiger partial charge in [-0.2, -0.15) is 0 Å². The molecule has 1 unspecified atom stereocenters. The summed E-state index contributed by atoms with van der Waals surface area (Å²) in [5.41, 5.74) is 0. The highest BCUT2D eigenvalue weighted by Crippen LogP contribution is 2.22. The average Bonchev–Trinajstić information content (AvgIpc) is 2.45. The third-order valence-electron chi connectivity index (χ3n) is 4.52. The highest BCUT2D eigenvalue weighted by atomic mass is 16.5. The highest BCUT2D eigenvalue weighted by molar-refractivity contribution is 5.89. The lowest BCUT2D eigenvalue weighted by Crippen LogP contribution is -2.59. The Bertz CT molecular complexity index is 378. The van der Waals surface area contributed by atoms with E-state index in [2.05, 4.69) is 5.32 Å². The minimum atomic E-state index is -0.241. The lowest BCUT2D eigenvalue weighted by Gasteiger charge is -2.41. The van der Waals surface area contributed by atoms with Gasteiger partial charge in [0.15, 0.2) is 0 Å². The van der Waals surface area contributed by atoms with Crippen molar-refractivity contribution in [1.82, 2.24) is 15.1 Å². The molecule has 2 amide bonds. The fourth-order valence-electron chi connectivity index (χ4n) is 3.14. The van der Waals surface area contributed by atoms with Gasteiger partial charge in [-0.05, 0) is 19.3 Å². The fraction of sp³-hybridized carbons (Fsp3) is 0.857. The molecule has 3 fully saturated rings. The average molecular weight is 281 g/mol. The van der Waals surface area contributed by atoms with Gasteiger partial charge >= 0.3 is 0 Å². The second-order valence-electron chi connectivity index (χ2n) is 5.84. The predicted molar refractivity (Wildman–Crippen MR) is 73.1 cm³/mol. The van der Waals surface area contributed by atoms with Crippen LogP contribution in [0.25, 0.3) is 0 Å². The molecule has 3 heterocycles. The number of likely N-dealkylation sites (tertiary alicyclic amines) is 1. The number of morpholine rings is 1. The van der Waals surface area contributed by atoms with E-state index in [0.29, 0.717) is 26.3 Å². The van der Waals surface area contributed by atoms with Crippen LogP contribution >= 0.6 is 0 Å². The molecule has 0 aromatic carbocycles. The van der Waals surface area contributed by atoms with Crippen LogP contribution in [0.2, 0.25) is 0 Å². The number of nitrogens with one attached hydrogen (secondary N) is 1. The molecule has 0 aromatic rings. The van der Waals surface area contributed by atoms with E-state index >= 15 is 0 Å². The molecule has 0 aliphatic carbocycles. The van der Waals surface area contributed by atoms with Crippen LogP contribution in [-0.4, -0.2) is 73.6 Å². The zero-order chi connectivity index (χ0) is 13.9. The Balaban J connectivity index is 1.67. The van der Waals surface area contributed by atoms with E-state index in [9.17, 15) is 9.59 Å². The molecule has 6 nitrogen and oxygen atoms in total. The molecule has 0 aromatic heterocycles. The lowest BCUT2D eigenvalue weighted by atomic mass is 9.95. The SMILES string of the molecule is O=C(C1CCCCN1C(=O)C1CNC1)N1CCOCC1. The van der Waals surface area contributed by atoms with Gasteiger partial charge in [-0.15, -0.1) is 0 Å². The zero-order valence-corrected chi connectivity index (χ0v) is 11.8. The van der Waals surface area contributed by atoms with E-state index < -0.39 is 0 Å². The first-order chi connectivity index (χ1) is 9.77. The number of ether oxygens (including phenoxy) is 1. The van der Waals surface area contributed by atoms with Crippen LogP contribution in [-0.2, 0) is 14.3 Å². The third-order valence-corrected chi connectivity index (χ3v) is 4.52. The molecule has 0 spiro atoms. The predicted octanol–water partition coefficient (Wildman–Crippen LogP) is -0.554. The summed E-state index contributed by atoms with van der Waals surface area (Å²) in [5.74, 6) is 0.358. The van der Waals surface area contributed by atoms with Crippen molar-refractivity contribution in [3.63, 3.8) is 0 Å². The monoisotopic (exact) mass is 281 g/mol. The summed E-state index contributed by atoms with van der Waals surface area (Å²) in [6, 6.07) is -0.241. The van der Waals surface area contributed by atoms with Crippen LogP contribution in [0.4, 0.5) is 0 Å². The first-order valence-electron chi connectivity index (χ1n) is 7.65. The van der Waals surface area contributed by atoms with Crippen molar-refractivity contribution < 1.29 is 14.3 Å². The Morgan fingerprint density at radius 3 is 2.40 bits per heavy atom. The van der Waals surface area contributed by atoms with Gasteiger partial charge in [-0.25, -0.2) is 0 Å². The van der Waals surface area contributed by atoms with Gasteiger partial charge in [0.1, 0.15) is 6.04 Å². The molecule has 3 aliphatic rings. The molecule has 112 valence electrons. The summed E-state index contributed by atoms with van der Waals surface area (Å²) in [6.45, 7) is 4.78. The number of hydrogen-bond acceptors (Lipinski definition) is 4. The number of nitrogens with zero attached hydrogens (tertiary/aromatic N) is 2. The molecule has 3 rings (SSSR count). The van der Waals surface area contributed by atoms with Crippen LogP contribution in [0.5, 0.6) is 0 Å². The Morgan fingerprint density at radius 2 is 1.75 bits per heavy atom. The highest BCUT2D eigenvalue weighted by Gasteiger charge is 2.39. The van der Waals surface area contributed by atoms with Crippen molar-refractivity contribution in [3.8, 4) is 0 Å². The van der Waals surface area contributed by atoms with Gasteiger partial charge < -0.3 is 19.9 Å². The summed E-state index contributed by atoms with van der Waals surface area (Å²) in [6.07, 6.45) is 2.86. The van der Waals surface area contributed by atoms with Gasteiger partial charge in [0.25, 0.3) is 0 Å². The second kappa shape index (κ2) is 6.10. The van der Waals surface area contributed by atoms with Gasteiger partial charge in [0.2, 0.25) is 11.8 Å². The van der Waals surface area contributed by atoms with E-state index in [1.54, 1.807) is 0 Å². The largest absolute Gasteiger partial charge is 0.378 e. The van der Waals surface area contributed by atoms with Crippen LogP contribution in [0.1, 0.15) is 19.3 Å². The van der Waals surface area contributed by atoms with Crippen molar-refractivity contribution in [2.45, 2.75) is 25.3 Å². The minimum Gasteiger partial charge on any atom is -0.378 e. The summed E-state index contributed by atoms with van der Waals surface area (Å²) in [5, 5.41) is 3.13. The summed E-state index contributed by atoms with van der Waals surface area (Å²) < 4.78 is 5.29. The number of amides is 2.